The van der Waals surface area contributed by atoms with Gasteiger partial charge in [0.25, 0.3) is 11.8 Å². The predicted octanol–water partition coefficient (Wildman–Crippen LogP) is 4.33. The first-order valence-electron chi connectivity index (χ1n) is 16.0. The minimum atomic E-state index is -1.82. The van der Waals surface area contributed by atoms with Crippen LogP contribution in [0, 0.1) is 0 Å². The Morgan fingerprint density at radius 3 is 1.33 bits per heavy atom. The molecule has 260 valence electrons. The predicted molar refractivity (Wildman–Crippen MR) is 174 cm³/mol. The van der Waals surface area contributed by atoms with Gasteiger partial charge in [0, 0.05) is 12.8 Å². The minimum Gasteiger partial charge on any atom is -0.459 e. The van der Waals surface area contributed by atoms with Gasteiger partial charge in [-0.3, -0.25) is 9.59 Å². The highest BCUT2D eigenvalue weighted by Crippen LogP contribution is 2.33. The molecule has 0 aromatic heterocycles. The summed E-state index contributed by atoms with van der Waals surface area (Å²) in [6, 6.07) is 31.6. The first kappa shape index (κ1) is 34.7. The van der Waals surface area contributed by atoms with Crippen LogP contribution in [0.2, 0.25) is 0 Å². The van der Waals surface area contributed by atoms with E-state index in [0.717, 1.165) is 0 Å². The molecular formula is C38H31NO12. The Morgan fingerprint density at radius 1 is 0.529 bits per heavy atom. The fourth-order valence-electron chi connectivity index (χ4n) is 5.39. The molecule has 2 amide bonds. The maximum atomic E-state index is 13.6. The molecule has 0 unspecified atom stereocenters. The number of imide groups is 1. The summed E-state index contributed by atoms with van der Waals surface area (Å²) in [5, 5.41) is 0.480. The summed E-state index contributed by atoms with van der Waals surface area (Å²) in [6.45, 7) is -0.596. The molecule has 0 saturated carbocycles. The van der Waals surface area contributed by atoms with Crippen LogP contribution in [0.25, 0.3) is 0 Å². The van der Waals surface area contributed by atoms with Gasteiger partial charge in [0.05, 0.1) is 22.3 Å². The molecule has 13 heteroatoms. The van der Waals surface area contributed by atoms with Crippen molar-refractivity contribution in [2.75, 3.05) is 6.61 Å². The summed E-state index contributed by atoms with van der Waals surface area (Å²) in [7, 11) is 0. The van der Waals surface area contributed by atoms with E-state index in [1.807, 2.05) is 0 Å². The first-order chi connectivity index (χ1) is 24.8. The molecule has 4 aromatic rings. The largest absolute Gasteiger partial charge is 0.459 e. The van der Waals surface area contributed by atoms with Crippen molar-refractivity contribution in [3.63, 3.8) is 0 Å². The SMILES string of the molecule is O=C(OC[C@H]1O[C@H](ON2C(=O)CCC2=O)[C@@H](OC(=O)c2ccccc2)[C@@H](OC(=O)c2ccccc2)[C@@H]1OC(=O)c1ccccc1)c1ccccc1. The molecule has 0 N–H and O–H groups in total. The lowest BCUT2D eigenvalue weighted by Gasteiger charge is -2.44. The Labute approximate surface area is 291 Å². The van der Waals surface area contributed by atoms with Crippen LogP contribution in [0.3, 0.4) is 0 Å². The summed E-state index contributed by atoms with van der Waals surface area (Å²) in [5.41, 5.74) is 0.512. The number of carbonyl (C=O) groups is 6. The molecule has 2 saturated heterocycles. The highest BCUT2D eigenvalue weighted by molar-refractivity contribution is 6.00. The van der Waals surface area contributed by atoms with Gasteiger partial charge < -0.3 is 23.7 Å². The van der Waals surface area contributed by atoms with Gasteiger partial charge in [0.15, 0.2) is 18.3 Å². The third kappa shape index (κ3) is 8.35. The summed E-state index contributed by atoms with van der Waals surface area (Å²) in [5.74, 6) is -4.85. The van der Waals surface area contributed by atoms with Gasteiger partial charge in [0.2, 0.25) is 6.29 Å². The Bertz CT molecular complexity index is 1850. The van der Waals surface area contributed by atoms with Crippen molar-refractivity contribution in [2.24, 2.45) is 0 Å². The Kier molecular flexibility index (Phi) is 10.9. The zero-order chi connectivity index (χ0) is 35.7. The molecule has 2 heterocycles. The maximum Gasteiger partial charge on any atom is 0.338 e. The number of hydrogen-bond donors (Lipinski definition) is 0. The number of hydrogen-bond acceptors (Lipinski definition) is 12. The molecular weight excluding hydrogens is 662 g/mol. The third-order valence-electron chi connectivity index (χ3n) is 7.95. The van der Waals surface area contributed by atoms with Crippen molar-refractivity contribution in [2.45, 2.75) is 43.5 Å². The third-order valence-corrected chi connectivity index (χ3v) is 7.95. The van der Waals surface area contributed by atoms with E-state index in [-0.39, 0.29) is 35.1 Å². The molecule has 0 radical (unpaired) electrons. The number of nitrogens with zero attached hydrogens (tertiary/aromatic N) is 1. The van der Waals surface area contributed by atoms with Crippen molar-refractivity contribution in [3.8, 4) is 0 Å². The lowest BCUT2D eigenvalue weighted by molar-refractivity contribution is -0.341. The van der Waals surface area contributed by atoms with Crippen LogP contribution in [0.1, 0.15) is 54.3 Å². The van der Waals surface area contributed by atoms with E-state index in [1.165, 1.54) is 48.5 Å². The van der Waals surface area contributed by atoms with Crippen LogP contribution in [-0.4, -0.2) is 78.1 Å². The summed E-state index contributed by atoms with van der Waals surface area (Å²) >= 11 is 0. The van der Waals surface area contributed by atoms with Gasteiger partial charge in [0.1, 0.15) is 12.7 Å². The van der Waals surface area contributed by atoms with E-state index in [0.29, 0.717) is 5.06 Å². The number of carbonyl (C=O) groups excluding carboxylic acids is 6. The molecule has 13 nitrogen and oxygen atoms in total. The van der Waals surface area contributed by atoms with Crippen molar-refractivity contribution in [1.29, 1.82) is 0 Å². The summed E-state index contributed by atoms with van der Waals surface area (Å²) < 4.78 is 29.5. The van der Waals surface area contributed by atoms with Gasteiger partial charge in [-0.2, -0.15) is 5.06 Å². The van der Waals surface area contributed by atoms with E-state index in [4.69, 9.17) is 28.5 Å². The first-order valence-corrected chi connectivity index (χ1v) is 16.0. The van der Waals surface area contributed by atoms with Gasteiger partial charge in [-0.15, -0.1) is 0 Å². The topological polar surface area (TPSA) is 161 Å². The Balaban J connectivity index is 1.41. The van der Waals surface area contributed by atoms with Crippen molar-refractivity contribution >= 4 is 35.7 Å². The molecule has 2 fully saturated rings. The number of ether oxygens (including phenoxy) is 5. The van der Waals surface area contributed by atoms with Crippen LogP contribution in [0.15, 0.2) is 121 Å². The highest BCUT2D eigenvalue weighted by Gasteiger charge is 2.55. The molecule has 2 aliphatic rings. The molecule has 0 aliphatic carbocycles. The fraction of sp³-hybridized carbons (Fsp3) is 0.211. The molecule has 6 rings (SSSR count). The lowest BCUT2D eigenvalue weighted by Crippen LogP contribution is -2.64. The monoisotopic (exact) mass is 693 g/mol. The van der Waals surface area contributed by atoms with Gasteiger partial charge in [-0.1, -0.05) is 72.8 Å². The summed E-state index contributed by atoms with van der Waals surface area (Å²) in [4.78, 5) is 84.8. The van der Waals surface area contributed by atoms with Crippen molar-refractivity contribution in [1.82, 2.24) is 5.06 Å². The van der Waals surface area contributed by atoms with Gasteiger partial charge in [-0.05, 0) is 48.5 Å². The van der Waals surface area contributed by atoms with Gasteiger partial charge in [-0.25, -0.2) is 24.0 Å². The van der Waals surface area contributed by atoms with E-state index >= 15 is 0 Å². The minimum absolute atomic E-state index is 0.0921. The molecule has 4 aromatic carbocycles. The van der Waals surface area contributed by atoms with Crippen LogP contribution in [0.5, 0.6) is 0 Å². The molecule has 51 heavy (non-hydrogen) atoms. The maximum absolute atomic E-state index is 13.6. The van der Waals surface area contributed by atoms with Crippen LogP contribution in [-0.2, 0) is 38.1 Å². The van der Waals surface area contributed by atoms with E-state index in [2.05, 4.69) is 0 Å². The molecule has 2 aliphatic heterocycles. The quantitative estimate of drug-likeness (QED) is 0.124. The lowest BCUT2D eigenvalue weighted by atomic mass is 9.97. The zero-order valence-corrected chi connectivity index (χ0v) is 26.9. The second-order valence-electron chi connectivity index (χ2n) is 11.4. The number of benzene rings is 4. The average Bonchev–Trinajstić information content (AvgIpc) is 3.49. The van der Waals surface area contributed by atoms with Crippen LogP contribution < -0.4 is 0 Å². The van der Waals surface area contributed by atoms with E-state index in [9.17, 15) is 28.8 Å². The molecule has 0 bridgehead atoms. The Morgan fingerprint density at radius 2 is 0.902 bits per heavy atom. The van der Waals surface area contributed by atoms with Crippen LogP contribution >= 0.6 is 0 Å². The zero-order valence-electron chi connectivity index (χ0n) is 26.9. The van der Waals surface area contributed by atoms with Crippen molar-refractivity contribution < 1.29 is 57.3 Å². The van der Waals surface area contributed by atoms with E-state index in [1.54, 1.807) is 72.8 Å². The fourth-order valence-corrected chi connectivity index (χ4v) is 5.39. The molecule has 0 spiro atoms. The second-order valence-corrected chi connectivity index (χ2v) is 11.4. The standard InChI is InChI=1S/C38H31NO12/c40-29-21-22-30(41)39(29)51-38-33(50-37(45)27-19-11-4-12-20-27)32(49-36(44)26-17-9-3-10-18-26)31(48-35(43)25-15-7-2-8-16-25)28(47-38)23-46-34(42)24-13-5-1-6-14-24/h1-20,28,31-33,38H,21-23H2/t28-,31-,32+,33+,38-/m1/s1. The smallest absolute Gasteiger partial charge is 0.338 e. The van der Waals surface area contributed by atoms with Crippen LogP contribution in [0.4, 0.5) is 0 Å². The number of amides is 2. The van der Waals surface area contributed by atoms with Crippen molar-refractivity contribution in [3.05, 3.63) is 144 Å². The number of rotatable bonds is 11. The molecule has 5 atom stereocenters. The number of esters is 4. The highest BCUT2D eigenvalue weighted by atomic mass is 16.8. The Hall–Kier alpha value is -6.18. The second kappa shape index (κ2) is 16.0. The summed E-state index contributed by atoms with van der Waals surface area (Å²) in [6.07, 6.45) is -8.63. The number of hydroxylamine groups is 2. The van der Waals surface area contributed by atoms with Gasteiger partial charge >= 0.3 is 23.9 Å². The normalized spacial score (nSPS) is 21.4. The van der Waals surface area contributed by atoms with E-state index < -0.39 is 73.0 Å². The average molecular weight is 694 g/mol.